The quantitative estimate of drug-likeness (QED) is 0.295. The Morgan fingerprint density at radius 3 is 2.19 bits per heavy atom. The second-order valence-corrected chi connectivity index (χ2v) is 8.52. The van der Waals surface area contributed by atoms with Gasteiger partial charge in [-0.15, -0.1) is 0 Å². The highest BCUT2D eigenvalue weighted by atomic mass is 16.3. The van der Waals surface area contributed by atoms with E-state index in [1.807, 2.05) is 20.9 Å². The molecule has 1 aromatic rings. The van der Waals surface area contributed by atoms with Gasteiger partial charge in [0.25, 0.3) is 0 Å². The minimum Gasteiger partial charge on any atom is -0.508 e. The van der Waals surface area contributed by atoms with E-state index in [4.69, 9.17) is 11.5 Å². The van der Waals surface area contributed by atoms with Crippen molar-refractivity contribution in [1.82, 2.24) is 5.32 Å². The lowest BCUT2D eigenvalue weighted by molar-refractivity contribution is -0.132. The highest BCUT2D eigenvalue weighted by Gasteiger charge is 2.29. The van der Waals surface area contributed by atoms with Crippen molar-refractivity contribution in [3.05, 3.63) is 29.8 Å². The molecule has 0 aliphatic rings. The molecule has 31 heavy (non-hydrogen) atoms. The molecule has 0 aliphatic heterocycles. The summed E-state index contributed by atoms with van der Waals surface area (Å²) in [6, 6.07) is 5.91. The maximum absolute atomic E-state index is 13.1. The lowest BCUT2D eigenvalue weighted by Crippen LogP contribution is -2.39. The van der Waals surface area contributed by atoms with Gasteiger partial charge in [-0.3, -0.25) is 14.4 Å². The predicted molar refractivity (Wildman–Crippen MR) is 122 cm³/mol. The van der Waals surface area contributed by atoms with Crippen LogP contribution in [0.3, 0.4) is 0 Å². The Labute approximate surface area is 186 Å². The van der Waals surface area contributed by atoms with E-state index in [1.54, 1.807) is 12.1 Å². The summed E-state index contributed by atoms with van der Waals surface area (Å²) in [5.74, 6) is -1.69. The van der Waals surface area contributed by atoms with Crippen molar-refractivity contribution in [1.29, 1.82) is 0 Å². The Bertz CT molecular complexity index is 705. The standard InChI is InChI=1S/C24H39N3O4/c1-4-16(2)23(25)22(30)14-18(7-5-6-12-27-3)21(29)15-19(24(26)31)13-17-8-10-20(28)11-9-17/h8-11,16,18-19,23,27-28H,4-7,12-15,25H2,1-3H3,(H2,26,31)/t16-,18+,19+,23-/m0/s1. The molecule has 0 saturated heterocycles. The first-order valence-electron chi connectivity index (χ1n) is 11.2. The highest BCUT2D eigenvalue weighted by Crippen LogP contribution is 2.23. The first kappa shape index (κ1) is 26.8. The number of carbonyl (C=O) groups is 3. The summed E-state index contributed by atoms with van der Waals surface area (Å²) in [6.45, 7) is 4.76. The number of primary amides is 1. The van der Waals surface area contributed by atoms with Crippen LogP contribution in [-0.2, 0) is 20.8 Å². The lowest BCUT2D eigenvalue weighted by atomic mass is 9.82. The number of rotatable bonds is 16. The number of Topliss-reactive ketones (excluding diaryl/α,β-unsaturated/α-hetero) is 2. The average molecular weight is 434 g/mol. The molecular formula is C24H39N3O4. The van der Waals surface area contributed by atoms with Crippen LogP contribution in [0.1, 0.15) is 57.9 Å². The van der Waals surface area contributed by atoms with Crippen LogP contribution in [0.25, 0.3) is 0 Å². The van der Waals surface area contributed by atoms with Crippen molar-refractivity contribution < 1.29 is 19.5 Å². The van der Waals surface area contributed by atoms with Crippen molar-refractivity contribution in [2.45, 2.75) is 64.8 Å². The molecule has 7 nitrogen and oxygen atoms in total. The van der Waals surface area contributed by atoms with E-state index in [0.717, 1.165) is 31.4 Å². The Balaban J connectivity index is 2.87. The maximum atomic E-state index is 13.1. The zero-order valence-electron chi connectivity index (χ0n) is 19.1. The zero-order chi connectivity index (χ0) is 23.4. The average Bonchev–Trinajstić information content (AvgIpc) is 2.75. The predicted octanol–water partition coefficient (Wildman–Crippen LogP) is 2.33. The smallest absolute Gasteiger partial charge is 0.221 e. The van der Waals surface area contributed by atoms with Gasteiger partial charge in [-0.25, -0.2) is 0 Å². The van der Waals surface area contributed by atoms with Gasteiger partial charge < -0.3 is 21.9 Å². The molecule has 6 N–H and O–H groups in total. The van der Waals surface area contributed by atoms with E-state index in [-0.39, 0.29) is 36.1 Å². The summed E-state index contributed by atoms with van der Waals surface area (Å²) in [5.41, 5.74) is 12.5. The number of nitrogens with two attached hydrogens (primary N) is 2. The molecule has 0 unspecified atom stereocenters. The SMILES string of the molecule is CC[C@H](C)[C@H](N)C(=O)C[C@@H](CCCCNC)C(=O)C[C@@H](Cc1ccc(O)cc1)C(N)=O. The second kappa shape index (κ2) is 13.9. The molecule has 0 saturated carbocycles. The number of aromatic hydroxyl groups is 1. The van der Waals surface area contributed by atoms with Crippen molar-refractivity contribution in [2.75, 3.05) is 13.6 Å². The molecule has 0 fully saturated rings. The van der Waals surface area contributed by atoms with Crippen LogP contribution < -0.4 is 16.8 Å². The molecule has 0 radical (unpaired) electrons. The van der Waals surface area contributed by atoms with E-state index in [1.165, 1.54) is 12.1 Å². The molecular weight excluding hydrogens is 394 g/mol. The van der Waals surface area contributed by atoms with E-state index < -0.39 is 23.8 Å². The number of phenols is 1. The van der Waals surface area contributed by atoms with Gasteiger partial charge in [0.15, 0.2) is 5.78 Å². The zero-order valence-corrected chi connectivity index (χ0v) is 19.1. The van der Waals surface area contributed by atoms with E-state index in [2.05, 4.69) is 5.32 Å². The number of unbranched alkanes of at least 4 members (excludes halogenated alkanes) is 1. The summed E-state index contributed by atoms with van der Waals surface area (Å²) >= 11 is 0. The molecule has 0 aromatic heterocycles. The molecule has 1 amide bonds. The molecule has 0 heterocycles. The van der Waals surface area contributed by atoms with Crippen LogP contribution in [0, 0.1) is 17.8 Å². The number of ketones is 2. The Hall–Kier alpha value is -2.25. The Morgan fingerprint density at radius 1 is 1.03 bits per heavy atom. The maximum Gasteiger partial charge on any atom is 0.221 e. The molecule has 4 atom stereocenters. The first-order chi connectivity index (χ1) is 14.7. The molecule has 1 rings (SSSR count). The molecule has 1 aromatic carbocycles. The second-order valence-electron chi connectivity index (χ2n) is 8.52. The fourth-order valence-corrected chi connectivity index (χ4v) is 3.62. The third-order valence-electron chi connectivity index (χ3n) is 6.03. The largest absolute Gasteiger partial charge is 0.508 e. The third-order valence-corrected chi connectivity index (χ3v) is 6.03. The van der Waals surface area contributed by atoms with Gasteiger partial charge in [-0.1, -0.05) is 38.8 Å². The van der Waals surface area contributed by atoms with Gasteiger partial charge in [-0.05, 0) is 56.5 Å². The van der Waals surface area contributed by atoms with Crippen LogP contribution in [-0.4, -0.2) is 42.2 Å². The summed E-state index contributed by atoms with van der Waals surface area (Å²) in [6.07, 6.45) is 3.51. The van der Waals surface area contributed by atoms with Crippen LogP contribution >= 0.6 is 0 Å². The highest BCUT2D eigenvalue weighted by molar-refractivity contribution is 5.92. The first-order valence-corrected chi connectivity index (χ1v) is 11.2. The van der Waals surface area contributed by atoms with E-state index >= 15 is 0 Å². The normalized spacial score (nSPS) is 15.1. The lowest BCUT2D eigenvalue weighted by Gasteiger charge is -2.22. The molecule has 0 spiro atoms. The third kappa shape index (κ3) is 9.61. The summed E-state index contributed by atoms with van der Waals surface area (Å²) in [5, 5.41) is 12.5. The van der Waals surface area contributed by atoms with E-state index in [0.29, 0.717) is 12.8 Å². The number of benzene rings is 1. The van der Waals surface area contributed by atoms with Gasteiger partial charge in [0.2, 0.25) is 5.91 Å². The topological polar surface area (TPSA) is 136 Å². The number of hydrogen-bond donors (Lipinski definition) is 4. The van der Waals surface area contributed by atoms with Crippen LogP contribution in [0.5, 0.6) is 5.75 Å². The Morgan fingerprint density at radius 2 is 1.65 bits per heavy atom. The Kier molecular flexibility index (Phi) is 12.0. The number of amides is 1. The van der Waals surface area contributed by atoms with Gasteiger partial charge in [0.05, 0.1) is 6.04 Å². The number of phenolic OH excluding ortho intramolecular Hbond substituents is 1. The summed E-state index contributed by atoms with van der Waals surface area (Å²) in [7, 11) is 1.87. The van der Waals surface area contributed by atoms with Gasteiger partial charge in [0, 0.05) is 24.7 Å². The molecule has 0 bridgehead atoms. The van der Waals surface area contributed by atoms with Crippen molar-refractivity contribution in [2.24, 2.45) is 29.2 Å². The molecule has 0 aliphatic carbocycles. The van der Waals surface area contributed by atoms with Crippen LogP contribution in [0.2, 0.25) is 0 Å². The van der Waals surface area contributed by atoms with Gasteiger partial charge in [0.1, 0.15) is 11.5 Å². The van der Waals surface area contributed by atoms with Crippen molar-refractivity contribution >= 4 is 17.5 Å². The minimum absolute atomic E-state index is 0.00124. The van der Waals surface area contributed by atoms with Crippen molar-refractivity contribution in [3.8, 4) is 5.75 Å². The number of hydrogen-bond acceptors (Lipinski definition) is 6. The summed E-state index contributed by atoms with van der Waals surface area (Å²) in [4.78, 5) is 37.8. The number of carbonyl (C=O) groups excluding carboxylic acids is 3. The fourth-order valence-electron chi connectivity index (χ4n) is 3.62. The minimum atomic E-state index is -0.657. The molecule has 174 valence electrons. The van der Waals surface area contributed by atoms with Crippen LogP contribution in [0.4, 0.5) is 0 Å². The van der Waals surface area contributed by atoms with Crippen LogP contribution in [0.15, 0.2) is 24.3 Å². The van der Waals surface area contributed by atoms with Crippen molar-refractivity contribution in [3.63, 3.8) is 0 Å². The van der Waals surface area contributed by atoms with Gasteiger partial charge >= 0.3 is 0 Å². The van der Waals surface area contributed by atoms with E-state index in [9.17, 15) is 19.5 Å². The monoisotopic (exact) mass is 433 g/mol. The fraction of sp³-hybridized carbons (Fsp3) is 0.625. The van der Waals surface area contributed by atoms with Gasteiger partial charge in [-0.2, -0.15) is 0 Å². The summed E-state index contributed by atoms with van der Waals surface area (Å²) < 4.78 is 0. The molecule has 7 heteroatoms. The number of nitrogens with one attached hydrogen (secondary N) is 1.